The zero-order valence-corrected chi connectivity index (χ0v) is 9.41. The predicted octanol–water partition coefficient (Wildman–Crippen LogP) is 0.157. The first-order valence-corrected chi connectivity index (χ1v) is 2.24. The maximum absolute atomic E-state index is 9.44. The fraction of sp³-hybridized carbons (Fsp3) is 0.600. The zero-order chi connectivity index (χ0) is 7.15. The van der Waals surface area contributed by atoms with Crippen molar-refractivity contribution < 1.29 is 4.79 Å². The van der Waals surface area contributed by atoms with Crippen LogP contribution in [0.2, 0.25) is 0 Å². The van der Waals surface area contributed by atoms with Crippen LogP contribution in [0.25, 0.3) is 0 Å². The van der Waals surface area contributed by atoms with Gasteiger partial charge in [0.15, 0.2) is 0 Å². The largest absolute Gasteiger partial charge is 3.00 e. The molecule has 0 fully saturated rings. The summed E-state index contributed by atoms with van der Waals surface area (Å²) in [5.41, 5.74) is 4.69. The van der Waals surface area contributed by atoms with Crippen LogP contribution < -0.4 is 5.73 Å². The maximum atomic E-state index is 9.44. The van der Waals surface area contributed by atoms with Crippen LogP contribution in [0.3, 0.4) is 0 Å². The second-order valence-corrected chi connectivity index (χ2v) is 1.59. The van der Waals surface area contributed by atoms with Crippen molar-refractivity contribution >= 4 is 37.8 Å². The number of amidine groups is 1. The summed E-state index contributed by atoms with van der Waals surface area (Å²) in [5, 5.41) is 6.28. The molecule has 0 bridgehead atoms. The average Bonchev–Trinajstić information content (AvgIpc) is 1.25. The molecule has 4 heteroatoms. The van der Waals surface area contributed by atoms with Crippen molar-refractivity contribution in [3.05, 3.63) is 0 Å². The third-order valence-electron chi connectivity index (χ3n) is 0. The van der Waals surface area contributed by atoms with Gasteiger partial charge in [-0.2, -0.15) is 0 Å². The Hall–Kier alpha value is 0.0231. The second kappa shape index (κ2) is 10.9. The smallest absolute Gasteiger partial charge is 0.388 e. The van der Waals surface area contributed by atoms with E-state index in [0.29, 0.717) is 0 Å². The number of hydrogen-bond donors (Lipinski definition) is 2. The zero-order valence-electron chi connectivity index (χ0n) is 5.93. The van der Waals surface area contributed by atoms with Crippen LogP contribution in [0.15, 0.2) is 0 Å². The summed E-state index contributed by atoms with van der Waals surface area (Å²) in [4.78, 5) is 9.44. The Labute approximate surface area is 74.6 Å². The van der Waals surface area contributed by atoms with E-state index in [2.05, 4.69) is 0 Å². The van der Waals surface area contributed by atoms with Crippen LogP contribution in [0.4, 0.5) is 0 Å². The molecule has 0 aliphatic heterocycles. The molecule has 2 radical (unpaired) electrons. The van der Waals surface area contributed by atoms with Crippen LogP contribution in [-0.2, 0) is 4.79 Å². The van der Waals surface area contributed by atoms with Gasteiger partial charge < -0.3 is 10.5 Å². The molecule has 3 nitrogen and oxygen atoms in total. The minimum absolute atomic E-state index is 0. The Morgan fingerprint density at radius 2 is 1.33 bits per heavy atom. The number of ketones is 1. The van der Waals surface area contributed by atoms with Crippen molar-refractivity contribution in [2.75, 3.05) is 0 Å². The molecule has 0 heterocycles. The van der Waals surface area contributed by atoms with Crippen LogP contribution in [0.1, 0.15) is 20.8 Å². The molecule has 0 aliphatic rings. The third kappa shape index (κ3) is 545000. The molecule has 0 aromatic rings. The summed E-state index contributed by atoms with van der Waals surface area (Å²) in [7, 11) is 0. The van der Waals surface area contributed by atoms with E-state index in [4.69, 9.17) is 11.1 Å². The van der Waals surface area contributed by atoms with E-state index in [-0.39, 0.29) is 37.8 Å². The molecule has 0 aromatic carbocycles. The van der Waals surface area contributed by atoms with E-state index in [9.17, 15) is 4.79 Å². The Morgan fingerprint density at radius 3 is 1.33 bits per heavy atom. The topological polar surface area (TPSA) is 66.9 Å². The molecular weight excluding hydrogens is 313 g/mol. The van der Waals surface area contributed by atoms with Crippen LogP contribution in [0, 0.1) is 5.41 Å². The first-order chi connectivity index (χ1) is 3.46. The Balaban J connectivity index is -0.0000000720. The van der Waals surface area contributed by atoms with Gasteiger partial charge in [0.2, 0.25) is 0 Å². The predicted molar refractivity (Wildman–Crippen MR) is 39.7 cm³/mol. The number of Topliss-reactive ketones (excluding diaryl/α,β-unsaturated/α-hetero) is 1. The number of rotatable bonds is 0. The van der Waals surface area contributed by atoms with Gasteiger partial charge in [-0.3, -0.25) is 5.41 Å². The SMILES string of the molecule is CC(=N)N.CC(C)=O.[Bi+3]. The molecule has 0 aromatic heterocycles. The number of nitrogens with two attached hydrogens (primary N) is 1. The van der Waals surface area contributed by atoms with Gasteiger partial charge in [0, 0.05) is 0 Å². The van der Waals surface area contributed by atoms with Crippen molar-refractivity contribution in [1.29, 1.82) is 5.41 Å². The van der Waals surface area contributed by atoms with E-state index < -0.39 is 0 Å². The summed E-state index contributed by atoms with van der Waals surface area (Å²) in [6.07, 6.45) is 0. The standard InChI is InChI=1S/C3H6O.C2H6N2.Bi/c1-3(2)4;1-2(3)4;/h1-2H3;1H3,(H3,3,4);/q;;+3. The Bertz CT molecular complexity index is 73.0. The van der Waals surface area contributed by atoms with E-state index in [1.807, 2.05) is 0 Å². The van der Waals surface area contributed by atoms with Crippen molar-refractivity contribution in [3.63, 3.8) is 0 Å². The van der Waals surface area contributed by atoms with Gasteiger partial charge in [-0.25, -0.2) is 0 Å². The molecule has 0 spiro atoms. The van der Waals surface area contributed by atoms with Gasteiger partial charge in [-0.05, 0) is 20.8 Å². The van der Waals surface area contributed by atoms with E-state index in [1.165, 1.54) is 20.8 Å². The van der Waals surface area contributed by atoms with E-state index in [1.54, 1.807) is 0 Å². The first kappa shape index (κ1) is 16.0. The van der Waals surface area contributed by atoms with Crippen LogP contribution in [0.5, 0.6) is 0 Å². The fourth-order valence-electron chi connectivity index (χ4n) is 0. The summed E-state index contributed by atoms with van der Waals surface area (Å²) < 4.78 is 0. The fourth-order valence-corrected chi connectivity index (χ4v) is 0. The molecule has 0 rings (SSSR count). The molecular formula is C5H12BiN2O+3. The van der Waals surface area contributed by atoms with E-state index >= 15 is 0 Å². The first-order valence-electron chi connectivity index (χ1n) is 2.24. The molecule has 0 unspecified atom stereocenters. The van der Waals surface area contributed by atoms with Gasteiger partial charge in [0.05, 0.1) is 5.84 Å². The van der Waals surface area contributed by atoms with Crippen molar-refractivity contribution in [1.82, 2.24) is 0 Å². The number of carbonyl (C=O) groups excluding carboxylic acids is 1. The van der Waals surface area contributed by atoms with Gasteiger partial charge in [-0.15, -0.1) is 0 Å². The minimum atomic E-state index is 0. The molecule has 0 saturated heterocycles. The van der Waals surface area contributed by atoms with Gasteiger partial charge in [-0.1, -0.05) is 0 Å². The summed E-state index contributed by atoms with van der Waals surface area (Å²) in [5.74, 6) is 0.333. The number of carbonyl (C=O) groups is 1. The number of hydrogen-bond acceptors (Lipinski definition) is 2. The van der Waals surface area contributed by atoms with Crippen molar-refractivity contribution in [2.45, 2.75) is 20.8 Å². The summed E-state index contributed by atoms with van der Waals surface area (Å²) >= 11 is 0. The molecule has 50 valence electrons. The number of nitrogens with one attached hydrogen (secondary N) is 1. The molecule has 0 aliphatic carbocycles. The quantitative estimate of drug-likeness (QED) is 0.378. The molecule has 9 heavy (non-hydrogen) atoms. The monoisotopic (exact) mass is 325 g/mol. The van der Waals surface area contributed by atoms with Gasteiger partial charge >= 0.3 is 26.2 Å². The van der Waals surface area contributed by atoms with Gasteiger partial charge in [0.25, 0.3) is 0 Å². The molecule has 3 N–H and O–H groups in total. The molecule has 0 saturated carbocycles. The molecule has 0 amide bonds. The third-order valence-corrected chi connectivity index (χ3v) is 0. The van der Waals surface area contributed by atoms with Gasteiger partial charge in [0.1, 0.15) is 5.78 Å². The molecule has 0 atom stereocenters. The van der Waals surface area contributed by atoms with Crippen molar-refractivity contribution in [3.8, 4) is 0 Å². The summed E-state index contributed by atoms with van der Waals surface area (Å²) in [6.45, 7) is 4.58. The second-order valence-electron chi connectivity index (χ2n) is 1.59. The Kier molecular flexibility index (Phi) is 19.4. The van der Waals surface area contributed by atoms with Crippen molar-refractivity contribution in [2.24, 2.45) is 5.73 Å². The minimum Gasteiger partial charge on any atom is -0.388 e. The maximum Gasteiger partial charge on any atom is 3.00 e. The van der Waals surface area contributed by atoms with Crippen LogP contribution in [-0.4, -0.2) is 37.8 Å². The van der Waals surface area contributed by atoms with Crippen LogP contribution >= 0.6 is 0 Å². The Morgan fingerprint density at radius 1 is 1.33 bits per heavy atom. The average molecular weight is 325 g/mol. The van der Waals surface area contributed by atoms with E-state index in [0.717, 1.165) is 0 Å². The summed E-state index contributed by atoms with van der Waals surface area (Å²) in [6, 6.07) is 0. The normalized spacial score (nSPS) is 5.67.